The zero-order chi connectivity index (χ0) is 11.1. The van der Waals surface area contributed by atoms with Crippen LogP contribution in [-0.4, -0.2) is 39.1 Å². The molecule has 0 unspecified atom stereocenters. The summed E-state index contributed by atoms with van der Waals surface area (Å²) < 4.78 is 0. The third-order valence-corrected chi connectivity index (χ3v) is 2.75. The Morgan fingerprint density at radius 3 is 2.73 bits per heavy atom. The van der Waals surface area contributed by atoms with E-state index in [2.05, 4.69) is 29.0 Å². The van der Waals surface area contributed by atoms with Crippen LogP contribution in [0.5, 0.6) is 0 Å². The van der Waals surface area contributed by atoms with Gasteiger partial charge in [0, 0.05) is 13.1 Å². The number of hydrogen-bond acceptors (Lipinski definition) is 3. The lowest BCUT2D eigenvalue weighted by Crippen LogP contribution is -2.31. The molecule has 5 nitrogen and oxygen atoms in total. The fraction of sp³-hybridized carbons (Fsp3) is 0.700. The van der Waals surface area contributed by atoms with Crippen molar-refractivity contribution in [1.82, 2.24) is 20.1 Å². The summed E-state index contributed by atoms with van der Waals surface area (Å²) in [5, 5.41) is 6.57. The van der Waals surface area contributed by atoms with Crippen molar-refractivity contribution in [3.8, 4) is 0 Å². The minimum atomic E-state index is -0.0649. The molecule has 15 heavy (non-hydrogen) atoms. The molecule has 2 rings (SSSR count). The molecule has 0 bridgehead atoms. The zero-order valence-electron chi connectivity index (χ0n) is 9.37. The van der Waals surface area contributed by atoms with Crippen LogP contribution in [-0.2, 0) is 0 Å². The van der Waals surface area contributed by atoms with Crippen molar-refractivity contribution in [1.29, 1.82) is 0 Å². The van der Waals surface area contributed by atoms with E-state index in [4.69, 9.17) is 0 Å². The number of rotatable bonds is 1. The quantitative estimate of drug-likeness (QED) is 0.748. The molecule has 0 spiro atoms. The lowest BCUT2D eigenvalue weighted by molar-refractivity contribution is 0.0766. The monoisotopic (exact) mass is 208 g/mol. The van der Waals surface area contributed by atoms with Crippen LogP contribution in [0.15, 0.2) is 0 Å². The highest BCUT2D eigenvalue weighted by Crippen LogP contribution is 2.29. The predicted molar refractivity (Wildman–Crippen MR) is 55.4 cm³/mol. The number of carbonyl (C=O) groups excluding carboxylic acids is 1. The molecule has 82 valence electrons. The Labute approximate surface area is 88.9 Å². The average Bonchev–Trinajstić information content (AvgIpc) is 2.71. The molecule has 0 saturated carbocycles. The fourth-order valence-corrected chi connectivity index (χ4v) is 1.87. The fourth-order valence-electron chi connectivity index (χ4n) is 1.87. The number of aryl methyl sites for hydroxylation is 1. The van der Waals surface area contributed by atoms with E-state index in [1.165, 1.54) is 0 Å². The summed E-state index contributed by atoms with van der Waals surface area (Å²) in [5.74, 6) is 0.895. The Morgan fingerprint density at radius 1 is 1.53 bits per heavy atom. The van der Waals surface area contributed by atoms with Crippen LogP contribution in [0.1, 0.15) is 36.7 Å². The van der Waals surface area contributed by atoms with E-state index in [0.29, 0.717) is 5.82 Å². The molecule has 1 amide bonds. The smallest absolute Gasteiger partial charge is 0.293 e. The molecular weight excluding hydrogens is 192 g/mol. The van der Waals surface area contributed by atoms with Gasteiger partial charge in [0.1, 0.15) is 5.82 Å². The molecule has 1 N–H and O–H groups in total. The van der Waals surface area contributed by atoms with Gasteiger partial charge in [0.05, 0.1) is 0 Å². The lowest BCUT2D eigenvalue weighted by Gasteiger charge is -2.18. The second-order valence-electron chi connectivity index (χ2n) is 4.89. The van der Waals surface area contributed by atoms with Gasteiger partial charge in [0.2, 0.25) is 5.82 Å². The Hall–Kier alpha value is -1.39. The lowest BCUT2D eigenvalue weighted by atomic mass is 9.93. The first-order chi connectivity index (χ1) is 6.98. The van der Waals surface area contributed by atoms with Crippen LogP contribution in [0, 0.1) is 12.3 Å². The molecule has 0 aromatic carbocycles. The summed E-state index contributed by atoms with van der Waals surface area (Å²) in [4.78, 5) is 17.8. The van der Waals surface area contributed by atoms with E-state index in [-0.39, 0.29) is 17.1 Å². The van der Waals surface area contributed by atoms with Gasteiger partial charge in [-0.2, -0.15) is 0 Å². The summed E-state index contributed by atoms with van der Waals surface area (Å²) in [6, 6.07) is 0. The molecule has 1 aromatic heterocycles. The van der Waals surface area contributed by atoms with Crippen LogP contribution in [0.2, 0.25) is 0 Å². The molecule has 0 radical (unpaired) electrons. The summed E-state index contributed by atoms with van der Waals surface area (Å²) in [6.45, 7) is 7.73. The molecule has 1 aliphatic rings. The second-order valence-corrected chi connectivity index (χ2v) is 4.89. The van der Waals surface area contributed by atoms with Gasteiger partial charge >= 0.3 is 0 Å². The van der Waals surface area contributed by atoms with Crippen molar-refractivity contribution in [3.05, 3.63) is 11.6 Å². The van der Waals surface area contributed by atoms with E-state index < -0.39 is 0 Å². The number of amides is 1. The number of aromatic amines is 1. The Bertz CT molecular complexity index is 383. The highest BCUT2D eigenvalue weighted by Gasteiger charge is 2.33. The normalized spacial score (nSPS) is 19.5. The Kier molecular flexibility index (Phi) is 2.25. The van der Waals surface area contributed by atoms with Crippen LogP contribution in [0.25, 0.3) is 0 Å². The van der Waals surface area contributed by atoms with Crippen LogP contribution >= 0.6 is 0 Å². The van der Waals surface area contributed by atoms with Crippen molar-refractivity contribution < 1.29 is 4.79 Å². The van der Waals surface area contributed by atoms with E-state index in [1.54, 1.807) is 6.92 Å². The van der Waals surface area contributed by atoms with Crippen LogP contribution in [0.4, 0.5) is 0 Å². The van der Waals surface area contributed by atoms with Gasteiger partial charge in [-0.05, 0) is 18.8 Å². The van der Waals surface area contributed by atoms with Crippen molar-refractivity contribution in [2.45, 2.75) is 27.2 Å². The van der Waals surface area contributed by atoms with Gasteiger partial charge < -0.3 is 4.90 Å². The third kappa shape index (κ3) is 2.00. The third-order valence-electron chi connectivity index (χ3n) is 2.75. The van der Waals surface area contributed by atoms with E-state index in [9.17, 15) is 4.79 Å². The summed E-state index contributed by atoms with van der Waals surface area (Å²) >= 11 is 0. The van der Waals surface area contributed by atoms with E-state index in [0.717, 1.165) is 19.5 Å². The Morgan fingerprint density at radius 2 is 2.27 bits per heavy atom. The number of aromatic nitrogens is 3. The van der Waals surface area contributed by atoms with Crippen LogP contribution < -0.4 is 0 Å². The molecule has 1 aromatic rings. The average molecular weight is 208 g/mol. The summed E-state index contributed by atoms with van der Waals surface area (Å²) in [6.07, 6.45) is 1.04. The van der Waals surface area contributed by atoms with E-state index in [1.807, 2.05) is 4.90 Å². The summed E-state index contributed by atoms with van der Waals surface area (Å²) in [7, 11) is 0. The van der Waals surface area contributed by atoms with Gasteiger partial charge in [0.15, 0.2) is 0 Å². The molecule has 1 aliphatic heterocycles. The second kappa shape index (κ2) is 3.32. The van der Waals surface area contributed by atoms with Crippen molar-refractivity contribution in [3.63, 3.8) is 0 Å². The predicted octanol–water partition coefficient (Wildman–Crippen LogP) is 0.985. The van der Waals surface area contributed by atoms with Crippen molar-refractivity contribution in [2.24, 2.45) is 5.41 Å². The minimum Gasteiger partial charge on any atom is -0.335 e. The SMILES string of the molecule is Cc1nc(C(=O)N2CCC(C)(C)C2)n[nH]1. The number of nitrogens with zero attached hydrogens (tertiary/aromatic N) is 3. The number of likely N-dealkylation sites (tertiary alicyclic amines) is 1. The first-order valence-corrected chi connectivity index (χ1v) is 5.16. The Balaban J connectivity index is 2.10. The largest absolute Gasteiger partial charge is 0.335 e. The van der Waals surface area contributed by atoms with Gasteiger partial charge in [0.25, 0.3) is 5.91 Å². The molecule has 1 saturated heterocycles. The van der Waals surface area contributed by atoms with Gasteiger partial charge in [-0.3, -0.25) is 9.89 Å². The highest BCUT2D eigenvalue weighted by molar-refractivity contribution is 5.90. The molecular formula is C10H16N4O. The maximum Gasteiger partial charge on any atom is 0.293 e. The first kappa shape index (κ1) is 10.1. The van der Waals surface area contributed by atoms with E-state index >= 15 is 0 Å². The maximum absolute atomic E-state index is 11.9. The molecule has 2 heterocycles. The molecule has 0 aliphatic carbocycles. The van der Waals surface area contributed by atoms with Crippen molar-refractivity contribution >= 4 is 5.91 Å². The van der Waals surface area contributed by atoms with Gasteiger partial charge in [-0.25, -0.2) is 4.98 Å². The number of hydrogen-bond donors (Lipinski definition) is 1. The van der Waals surface area contributed by atoms with Crippen LogP contribution in [0.3, 0.4) is 0 Å². The summed E-state index contributed by atoms with van der Waals surface area (Å²) in [5.41, 5.74) is 0.223. The number of nitrogens with one attached hydrogen (secondary N) is 1. The topological polar surface area (TPSA) is 61.9 Å². The molecule has 1 fully saturated rings. The zero-order valence-corrected chi connectivity index (χ0v) is 9.37. The number of H-pyrrole nitrogens is 1. The van der Waals surface area contributed by atoms with Gasteiger partial charge in [-0.1, -0.05) is 13.8 Å². The standard InChI is InChI=1S/C10H16N4O/c1-7-11-8(13-12-7)9(15)14-5-4-10(2,3)6-14/h4-6H2,1-3H3,(H,11,12,13). The molecule has 5 heteroatoms. The van der Waals surface area contributed by atoms with Crippen molar-refractivity contribution in [2.75, 3.05) is 13.1 Å². The first-order valence-electron chi connectivity index (χ1n) is 5.16. The van der Waals surface area contributed by atoms with Gasteiger partial charge in [-0.15, -0.1) is 5.10 Å². The highest BCUT2D eigenvalue weighted by atomic mass is 16.2. The maximum atomic E-state index is 11.9. The minimum absolute atomic E-state index is 0.0649. The number of carbonyl (C=O) groups is 1. The molecule has 0 atom stereocenters.